The van der Waals surface area contributed by atoms with E-state index < -0.39 is 0 Å². The third-order valence-corrected chi connectivity index (χ3v) is 13.1. The minimum Gasteiger partial charge on any atom is -0.458 e. The van der Waals surface area contributed by atoms with E-state index in [2.05, 4.69) is 207 Å². The average Bonchev–Trinajstić information content (AvgIpc) is 4.15. The van der Waals surface area contributed by atoms with Crippen molar-refractivity contribution in [2.45, 2.75) is 0 Å². The molecule has 0 bridgehead atoms. The summed E-state index contributed by atoms with van der Waals surface area (Å²) in [5.74, 6) is 2.26. The summed E-state index contributed by atoms with van der Waals surface area (Å²) in [6.07, 6.45) is 5.66. The van der Waals surface area contributed by atoms with Gasteiger partial charge in [-0.25, -0.2) is 4.98 Å². The molecule has 0 radical (unpaired) electrons. The summed E-state index contributed by atoms with van der Waals surface area (Å²) in [5.41, 5.74) is 13.5. The van der Waals surface area contributed by atoms with Gasteiger partial charge in [-0.15, -0.1) is 0 Å². The number of hydrogen-bond donors (Lipinski definition) is 0. The molecule has 7 heteroatoms. The molecular formula is C60H37N5O2. The molecular weight excluding hydrogens is 823 g/mol. The lowest BCUT2D eigenvalue weighted by molar-refractivity contribution is -0.572. The van der Waals surface area contributed by atoms with E-state index in [1.807, 2.05) is 42.6 Å². The second-order valence-corrected chi connectivity index (χ2v) is 17.0. The SMILES string of the molecule is [c-]1n(-c2cccc(Oc3ccc4c5ccccc5n(-c5ccc(-n6c7ccccc7c7cccc(-c8ccccc8)c76)cn5)c4c3)c2)c2ccccc2[n+]1-c1ccc2oc3ccccc3c2c1. The molecule has 0 saturated heterocycles. The van der Waals surface area contributed by atoms with E-state index in [-0.39, 0.29) is 0 Å². The molecule has 0 spiro atoms. The number of imidazole rings is 1. The van der Waals surface area contributed by atoms with E-state index in [9.17, 15) is 0 Å². The molecule has 5 aromatic heterocycles. The van der Waals surface area contributed by atoms with Crippen molar-refractivity contribution < 1.29 is 13.7 Å². The highest BCUT2D eigenvalue weighted by Gasteiger charge is 2.20. The van der Waals surface area contributed by atoms with Crippen molar-refractivity contribution >= 4 is 76.6 Å². The number of furan rings is 1. The van der Waals surface area contributed by atoms with Crippen molar-refractivity contribution in [3.63, 3.8) is 0 Å². The van der Waals surface area contributed by atoms with E-state index in [4.69, 9.17) is 14.1 Å². The molecule has 314 valence electrons. The molecule has 7 nitrogen and oxygen atoms in total. The Morgan fingerprint density at radius 3 is 1.99 bits per heavy atom. The fourth-order valence-electron chi connectivity index (χ4n) is 10.2. The first-order chi connectivity index (χ1) is 33.2. The Hall–Kier alpha value is -9.20. The molecule has 0 saturated carbocycles. The Balaban J connectivity index is 0.840. The summed E-state index contributed by atoms with van der Waals surface area (Å²) < 4.78 is 21.7. The molecule has 0 amide bonds. The highest BCUT2D eigenvalue weighted by Crippen LogP contribution is 2.40. The topological polar surface area (TPSA) is 53.9 Å². The van der Waals surface area contributed by atoms with Crippen molar-refractivity contribution in [1.29, 1.82) is 0 Å². The molecule has 0 aliphatic carbocycles. The Morgan fingerprint density at radius 1 is 0.448 bits per heavy atom. The van der Waals surface area contributed by atoms with Gasteiger partial charge in [0.25, 0.3) is 6.33 Å². The minimum atomic E-state index is 0.715. The van der Waals surface area contributed by atoms with Gasteiger partial charge in [0.2, 0.25) is 0 Å². The lowest BCUT2D eigenvalue weighted by Crippen LogP contribution is -2.29. The van der Waals surface area contributed by atoms with Crippen molar-refractivity contribution in [3.8, 4) is 45.5 Å². The van der Waals surface area contributed by atoms with Crippen molar-refractivity contribution in [2.75, 3.05) is 0 Å². The van der Waals surface area contributed by atoms with Gasteiger partial charge >= 0.3 is 0 Å². The standard InChI is InChI=1S/C60H37N5O2/c1-2-14-39(15-3-1)45-21-13-22-50-47-19-5-7-23-52(47)64(60(45)50)42-29-33-59(61-37-42)65-53-24-8-4-18-46(53)48-31-30-44(36-56(48)65)66-43-17-12-16-40(34-43)62-38-63(55-26-10-9-25-54(55)62)41-28-32-58-51(35-41)49-20-6-11-27-57(49)67-58/h1-37H. The average molecular weight is 860 g/mol. The number of hydrogen-bond acceptors (Lipinski definition) is 3. The molecule has 0 unspecified atom stereocenters. The van der Waals surface area contributed by atoms with Gasteiger partial charge < -0.3 is 13.7 Å². The minimum absolute atomic E-state index is 0.715. The number of ether oxygens (including phenoxy) is 1. The van der Waals surface area contributed by atoms with E-state index in [1.54, 1.807) is 0 Å². The zero-order valence-electron chi connectivity index (χ0n) is 35.9. The van der Waals surface area contributed by atoms with Gasteiger partial charge in [0, 0.05) is 43.9 Å². The van der Waals surface area contributed by atoms with Crippen LogP contribution in [-0.4, -0.2) is 18.7 Å². The maximum absolute atomic E-state index is 6.74. The normalized spacial score (nSPS) is 11.9. The lowest BCUT2D eigenvalue weighted by atomic mass is 10.0. The second kappa shape index (κ2) is 14.7. The Labute approximate surface area is 383 Å². The van der Waals surface area contributed by atoms with Crippen LogP contribution >= 0.6 is 0 Å². The van der Waals surface area contributed by atoms with E-state index >= 15 is 0 Å². The first kappa shape index (κ1) is 37.2. The van der Waals surface area contributed by atoms with E-state index in [0.29, 0.717) is 5.75 Å². The summed E-state index contributed by atoms with van der Waals surface area (Å²) in [6.45, 7) is 0. The molecule has 9 aromatic carbocycles. The highest BCUT2D eigenvalue weighted by atomic mass is 16.5. The maximum atomic E-state index is 6.74. The monoisotopic (exact) mass is 859 g/mol. The lowest BCUT2D eigenvalue weighted by Gasteiger charge is -2.13. The van der Waals surface area contributed by atoms with Crippen LogP contribution < -0.4 is 9.30 Å². The third kappa shape index (κ3) is 5.85. The van der Waals surface area contributed by atoms with Gasteiger partial charge in [0.1, 0.15) is 28.5 Å². The van der Waals surface area contributed by atoms with E-state index in [1.165, 1.54) is 21.9 Å². The van der Waals surface area contributed by atoms with Crippen LogP contribution in [0.3, 0.4) is 0 Å². The van der Waals surface area contributed by atoms with Gasteiger partial charge in [0.15, 0.2) is 0 Å². The maximum Gasteiger partial charge on any atom is 0.269 e. The zero-order valence-corrected chi connectivity index (χ0v) is 35.9. The summed E-state index contributed by atoms with van der Waals surface area (Å²) in [4.78, 5) is 5.21. The Morgan fingerprint density at radius 2 is 1.13 bits per heavy atom. The predicted molar refractivity (Wildman–Crippen MR) is 269 cm³/mol. The second-order valence-electron chi connectivity index (χ2n) is 17.0. The van der Waals surface area contributed by atoms with Crippen molar-refractivity contribution in [2.24, 2.45) is 0 Å². The molecule has 0 aliphatic rings. The first-order valence-electron chi connectivity index (χ1n) is 22.4. The van der Waals surface area contributed by atoms with Gasteiger partial charge in [-0.05, 0) is 84.4 Å². The zero-order chi connectivity index (χ0) is 44.0. The van der Waals surface area contributed by atoms with Crippen molar-refractivity contribution in [1.82, 2.24) is 18.7 Å². The summed E-state index contributed by atoms with van der Waals surface area (Å²) in [5, 5.41) is 6.85. The number of fused-ring (bicyclic) bond motifs is 10. The van der Waals surface area contributed by atoms with Crippen LogP contribution in [0, 0.1) is 6.33 Å². The number of pyridine rings is 1. The molecule has 0 atom stereocenters. The third-order valence-electron chi connectivity index (χ3n) is 13.1. The van der Waals surface area contributed by atoms with Crippen LogP contribution in [0.5, 0.6) is 11.5 Å². The van der Waals surface area contributed by atoms with Crippen LogP contribution in [0.1, 0.15) is 0 Å². The summed E-state index contributed by atoms with van der Waals surface area (Å²) in [6, 6.07) is 76.0. The molecule has 0 aliphatic heterocycles. The summed E-state index contributed by atoms with van der Waals surface area (Å²) in [7, 11) is 0. The number of para-hydroxylation sites is 6. The molecule has 14 aromatic rings. The van der Waals surface area contributed by atoms with E-state index in [0.717, 1.165) is 94.4 Å². The fourth-order valence-corrected chi connectivity index (χ4v) is 10.2. The molecule has 0 fully saturated rings. The first-order valence-corrected chi connectivity index (χ1v) is 22.4. The number of rotatable bonds is 7. The number of benzene rings is 9. The van der Waals surface area contributed by atoms with Crippen LogP contribution in [0.25, 0.3) is 111 Å². The molecule has 0 N–H and O–H groups in total. The Bertz CT molecular complexity index is 4250. The Kier molecular flexibility index (Phi) is 8.15. The predicted octanol–water partition coefficient (Wildman–Crippen LogP) is 14.7. The highest BCUT2D eigenvalue weighted by molar-refractivity contribution is 6.14. The fraction of sp³-hybridized carbons (Fsp3) is 0. The molecule has 5 heterocycles. The van der Waals surface area contributed by atoms with Crippen LogP contribution in [0.2, 0.25) is 0 Å². The van der Waals surface area contributed by atoms with Gasteiger partial charge in [-0.2, -0.15) is 0 Å². The number of aromatic nitrogens is 5. The van der Waals surface area contributed by atoms with Crippen molar-refractivity contribution in [3.05, 3.63) is 231 Å². The smallest absolute Gasteiger partial charge is 0.269 e. The number of nitrogens with zero attached hydrogens (tertiary/aromatic N) is 5. The summed E-state index contributed by atoms with van der Waals surface area (Å²) >= 11 is 0. The van der Waals surface area contributed by atoms with Gasteiger partial charge in [0.05, 0.1) is 56.4 Å². The van der Waals surface area contributed by atoms with Gasteiger partial charge in [-0.1, -0.05) is 133 Å². The van der Waals surface area contributed by atoms with Gasteiger partial charge in [-0.3, -0.25) is 13.7 Å². The van der Waals surface area contributed by atoms with Crippen LogP contribution in [-0.2, 0) is 0 Å². The van der Waals surface area contributed by atoms with Crippen LogP contribution in [0.15, 0.2) is 229 Å². The largest absolute Gasteiger partial charge is 0.458 e. The quantitative estimate of drug-likeness (QED) is 0.118. The molecule has 67 heavy (non-hydrogen) atoms. The van der Waals surface area contributed by atoms with Crippen LogP contribution in [0.4, 0.5) is 0 Å². The molecule has 14 rings (SSSR count).